The Morgan fingerprint density at radius 1 is 1.50 bits per heavy atom. The van der Waals surface area contributed by atoms with Crippen LogP contribution in [0.25, 0.3) is 0 Å². The van der Waals surface area contributed by atoms with Gasteiger partial charge in [0.25, 0.3) is 0 Å². The minimum absolute atomic E-state index is 0. The quantitative estimate of drug-likeness (QED) is 0.406. The molecule has 0 saturated heterocycles. The van der Waals surface area contributed by atoms with E-state index in [-0.39, 0.29) is 14.9 Å². The molecule has 0 aromatic heterocycles. The minimum atomic E-state index is -0.750. The van der Waals surface area contributed by atoms with Gasteiger partial charge in [0.1, 0.15) is 0 Å². The molecular weight excluding hydrogens is 96.1 g/mol. The molecule has 0 aromatic carbocycles. The van der Waals surface area contributed by atoms with Crippen molar-refractivity contribution < 1.29 is 9.84 Å². The summed E-state index contributed by atoms with van der Waals surface area (Å²) in [5.41, 5.74) is 0. The maximum atomic E-state index is 8.29. The van der Waals surface area contributed by atoms with E-state index < -0.39 is 11.6 Å². The molecule has 0 bridgehead atoms. The zero-order valence-corrected chi connectivity index (χ0v) is 3.27. The van der Waals surface area contributed by atoms with E-state index >= 15 is 0 Å². The molecule has 26 valence electrons. The molecule has 4 heavy (non-hydrogen) atoms. The second-order valence-electron chi connectivity index (χ2n) is 0.0680. The van der Waals surface area contributed by atoms with Gasteiger partial charge in [-0.3, -0.25) is 0 Å². The Balaban J connectivity index is -0.0000000200. The van der Waals surface area contributed by atoms with E-state index in [0.29, 0.717) is 0 Å². The molecule has 0 aromatic rings. The first-order chi connectivity index (χ1) is 1.41. The van der Waals surface area contributed by atoms with Gasteiger partial charge in [-0.05, 0) is 0 Å². The molecule has 0 saturated carbocycles. The summed E-state index contributed by atoms with van der Waals surface area (Å²) >= 11 is -0.750. The summed E-state index contributed by atoms with van der Waals surface area (Å²) in [4.78, 5) is 0. The van der Waals surface area contributed by atoms with E-state index in [9.17, 15) is 0 Å². The van der Waals surface area contributed by atoms with Gasteiger partial charge in [-0.25, -0.2) is 0 Å². The smallest absolute Gasteiger partial charge is 1.00 e. The van der Waals surface area contributed by atoms with Crippen molar-refractivity contribution in [1.29, 1.82) is 0 Å². The highest BCUT2D eigenvalue weighted by Gasteiger charge is 1.12. The molecule has 0 aliphatic carbocycles. The zero-order chi connectivity index (χ0) is 2.71. The topological polar surface area (TPSA) is 34.1 Å². The van der Waals surface area contributed by atoms with Gasteiger partial charge in [0.15, 0.2) is 0 Å². The SMILES string of the molecule is O=S=O.[H+].[S-2]. The molecule has 0 heterocycles. The van der Waals surface area contributed by atoms with Crippen molar-refractivity contribution in [3.8, 4) is 0 Å². The van der Waals surface area contributed by atoms with E-state index in [1.165, 1.54) is 0 Å². The van der Waals surface area contributed by atoms with Crippen molar-refractivity contribution >= 4 is 25.1 Å². The van der Waals surface area contributed by atoms with E-state index in [1.807, 2.05) is 0 Å². The fraction of sp³-hybridized carbons (Fsp3) is 0. The van der Waals surface area contributed by atoms with E-state index in [4.69, 9.17) is 8.42 Å². The van der Waals surface area contributed by atoms with Crippen LogP contribution in [0.4, 0.5) is 0 Å². The van der Waals surface area contributed by atoms with Gasteiger partial charge < -0.3 is 13.5 Å². The van der Waals surface area contributed by atoms with Crippen LogP contribution in [0.3, 0.4) is 0 Å². The monoisotopic (exact) mass is 96.9 g/mol. The fourth-order valence-corrected chi connectivity index (χ4v) is 0. The van der Waals surface area contributed by atoms with Gasteiger partial charge in [0.2, 0.25) is 0 Å². The van der Waals surface area contributed by atoms with Crippen molar-refractivity contribution in [2.24, 2.45) is 0 Å². The summed E-state index contributed by atoms with van der Waals surface area (Å²) in [6.45, 7) is 0. The summed E-state index contributed by atoms with van der Waals surface area (Å²) in [6.07, 6.45) is 0. The first-order valence-electron chi connectivity index (χ1n) is 0.333. The highest BCUT2D eigenvalue weighted by molar-refractivity contribution is 7.51. The van der Waals surface area contributed by atoms with Crippen molar-refractivity contribution in [1.82, 2.24) is 0 Å². The van der Waals surface area contributed by atoms with Crippen LogP contribution in [0.15, 0.2) is 0 Å². The minimum Gasteiger partial charge on any atom is -2.00 e. The zero-order valence-electron chi connectivity index (χ0n) is 2.63. The molecule has 0 N–H and O–H groups in total. The third kappa shape index (κ3) is 103. The Labute approximate surface area is 35.7 Å². The van der Waals surface area contributed by atoms with Crippen molar-refractivity contribution in [2.45, 2.75) is 0 Å². The second-order valence-corrected chi connectivity index (χ2v) is 0.204. The predicted octanol–water partition coefficient (Wildman–Crippen LogP) is -0.560. The first kappa shape index (κ1) is 8.90. The normalized spacial score (nSPS) is 3.00. The standard InChI is InChI=1S/O2S.S/c1-3-2;/q;-2/p+1. The average molecular weight is 97.1 g/mol. The number of rotatable bonds is 0. The fourth-order valence-electron chi connectivity index (χ4n) is 0. The Kier molecular flexibility index (Phi) is 24.3. The molecule has 0 aliphatic rings. The number of hydrogen-bond acceptors (Lipinski definition) is 2. The van der Waals surface area contributed by atoms with Crippen LogP contribution >= 0.6 is 0 Å². The molecule has 0 amide bonds. The maximum Gasteiger partial charge on any atom is 1.00 e. The largest absolute Gasteiger partial charge is 2.00 e. The summed E-state index contributed by atoms with van der Waals surface area (Å²) in [7, 11) is 0. The summed E-state index contributed by atoms with van der Waals surface area (Å²) in [5.74, 6) is 0. The molecular formula is HO2S2-. The lowest BCUT2D eigenvalue weighted by Gasteiger charge is -2.00. The van der Waals surface area contributed by atoms with Crippen LogP contribution in [0.5, 0.6) is 0 Å². The van der Waals surface area contributed by atoms with Crippen LogP contribution in [0.1, 0.15) is 1.43 Å². The van der Waals surface area contributed by atoms with E-state index in [2.05, 4.69) is 0 Å². The third-order valence-corrected chi connectivity index (χ3v) is 0. The van der Waals surface area contributed by atoms with Gasteiger partial charge in [-0.1, -0.05) is 0 Å². The highest BCUT2D eigenvalue weighted by atomic mass is 32.1. The lowest BCUT2D eigenvalue weighted by atomic mass is 15.9. The Morgan fingerprint density at radius 3 is 1.50 bits per heavy atom. The van der Waals surface area contributed by atoms with Crippen LogP contribution in [-0.4, -0.2) is 8.42 Å². The molecule has 2 nitrogen and oxygen atoms in total. The van der Waals surface area contributed by atoms with E-state index in [0.717, 1.165) is 0 Å². The van der Waals surface area contributed by atoms with Crippen molar-refractivity contribution in [2.75, 3.05) is 0 Å². The molecule has 0 rings (SSSR count). The van der Waals surface area contributed by atoms with Crippen LogP contribution in [0, 0.1) is 0 Å². The van der Waals surface area contributed by atoms with Gasteiger partial charge in [0.05, 0.1) is 0 Å². The molecule has 4 heteroatoms. The van der Waals surface area contributed by atoms with Crippen LogP contribution in [-0.2, 0) is 25.1 Å². The molecule has 0 atom stereocenters. The first-order valence-corrected chi connectivity index (χ1v) is 1.00. The van der Waals surface area contributed by atoms with Gasteiger partial charge in [0, 0.05) is 0 Å². The maximum absolute atomic E-state index is 8.29. The molecule has 0 aliphatic heterocycles. The lowest BCUT2D eigenvalue weighted by Crippen LogP contribution is -1.18. The second kappa shape index (κ2) is 10.9. The van der Waals surface area contributed by atoms with Crippen LogP contribution < -0.4 is 0 Å². The summed E-state index contributed by atoms with van der Waals surface area (Å²) in [5, 5.41) is 0. The summed E-state index contributed by atoms with van der Waals surface area (Å²) < 4.78 is 16.6. The van der Waals surface area contributed by atoms with Gasteiger partial charge in [-0.2, -0.15) is 8.42 Å². The lowest BCUT2D eigenvalue weighted by molar-refractivity contribution is 0.630. The van der Waals surface area contributed by atoms with E-state index in [1.54, 1.807) is 0 Å². The Hall–Kier alpha value is 0.170. The van der Waals surface area contributed by atoms with Crippen molar-refractivity contribution in [3.05, 3.63) is 0 Å². The molecule has 0 radical (unpaired) electrons. The molecule has 0 unspecified atom stereocenters. The molecule has 0 spiro atoms. The highest BCUT2D eigenvalue weighted by Crippen LogP contribution is 0.846. The van der Waals surface area contributed by atoms with Crippen molar-refractivity contribution in [3.63, 3.8) is 0 Å². The summed E-state index contributed by atoms with van der Waals surface area (Å²) in [6, 6.07) is 0. The molecule has 0 fully saturated rings. The number of hydrogen-bond donors (Lipinski definition) is 0. The predicted molar refractivity (Wildman–Crippen MR) is 17.4 cm³/mol. The third-order valence-electron chi connectivity index (χ3n) is 0. The Morgan fingerprint density at radius 2 is 1.50 bits per heavy atom. The average Bonchev–Trinajstić information content (AvgIpc) is 0.918. The Bertz CT molecular complexity index is 28.6. The van der Waals surface area contributed by atoms with Gasteiger partial charge >= 0.3 is 13.0 Å². The van der Waals surface area contributed by atoms with Gasteiger partial charge in [-0.15, -0.1) is 0 Å². The van der Waals surface area contributed by atoms with Crippen LogP contribution in [0.2, 0.25) is 0 Å².